The number of hydrogen-bond donors (Lipinski definition) is 0. The van der Waals surface area contributed by atoms with Crippen LogP contribution in [-0.4, -0.2) is 24.5 Å². The van der Waals surface area contributed by atoms with Gasteiger partial charge < -0.3 is 9.80 Å². The number of hydrogen-bond acceptors (Lipinski definition) is 4. The van der Waals surface area contributed by atoms with Crippen molar-refractivity contribution in [3.8, 4) is 0 Å². The van der Waals surface area contributed by atoms with Crippen LogP contribution in [0, 0.1) is 0 Å². The molecule has 5 heteroatoms. The molecule has 0 spiro atoms. The molecule has 1 aliphatic heterocycles. The van der Waals surface area contributed by atoms with Gasteiger partial charge in [0.2, 0.25) is 5.52 Å². The van der Waals surface area contributed by atoms with E-state index in [0.717, 1.165) is 51.9 Å². The number of aryl methyl sites for hydroxylation is 1. The molecule has 2 aliphatic rings. The quantitative estimate of drug-likeness (QED) is 0.140. The molecule has 2 heterocycles. The minimum atomic E-state index is 1.01. The summed E-state index contributed by atoms with van der Waals surface area (Å²) in [4.78, 5) is 6.48. The van der Waals surface area contributed by atoms with Gasteiger partial charge in [0.15, 0.2) is 0 Å². The van der Waals surface area contributed by atoms with E-state index in [9.17, 15) is 0 Å². The van der Waals surface area contributed by atoms with E-state index in [1.165, 1.54) is 69.2 Å². The van der Waals surface area contributed by atoms with Crippen molar-refractivity contribution in [1.82, 2.24) is 4.90 Å². The van der Waals surface area contributed by atoms with E-state index in [1.54, 1.807) is 0 Å². The SMILES string of the molecule is CCCN1/C(=C/C=C2\CCC(/C=C/c3sc4c5ccccc5ccc4[n+]3CCC)=C2N(CC)CC)Sc2c1ccc1ccccc21. The van der Waals surface area contributed by atoms with E-state index >= 15 is 0 Å². The first kappa shape index (κ1) is 30.8. The van der Waals surface area contributed by atoms with Gasteiger partial charge in [-0.1, -0.05) is 97.6 Å². The molecule has 0 fully saturated rings. The maximum absolute atomic E-state index is 2.56. The van der Waals surface area contributed by atoms with E-state index in [2.05, 4.69) is 139 Å². The number of allylic oxidation sites excluding steroid dienone is 5. The van der Waals surface area contributed by atoms with Crippen LogP contribution in [0.2, 0.25) is 0 Å². The summed E-state index contributed by atoms with van der Waals surface area (Å²) in [6, 6.07) is 26.8. The summed E-state index contributed by atoms with van der Waals surface area (Å²) >= 11 is 3.87. The van der Waals surface area contributed by atoms with Crippen molar-refractivity contribution in [3.05, 3.63) is 118 Å². The van der Waals surface area contributed by atoms with Gasteiger partial charge in [-0.3, -0.25) is 0 Å². The number of anilines is 1. The second-order valence-electron chi connectivity index (χ2n) is 12.2. The van der Waals surface area contributed by atoms with E-state index in [-0.39, 0.29) is 0 Å². The van der Waals surface area contributed by atoms with Gasteiger partial charge in [0.25, 0.3) is 5.01 Å². The first-order valence-corrected chi connectivity index (χ1v) is 18.7. The van der Waals surface area contributed by atoms with E-state index in [0.29, 0.717) is 0 Å². The zero-order valence-electron chi connectivity index (χ0n) is 27.6. The maximum Gasteiger partial charge on any atom is 0.262 e. The first-order valence-electron chi connectivity index (χ1n) is 17.0. The Morgan fingerprint density at radius 3 is 2.28 bits per heavy atom. The Balaban J connectivity index is 1.26. The van der Waals surface area contributed by atoms with E-state index < -0.39 is 0 Å². The number of rotatable bonds is 10. The molecular formula is C41H44N3S2+. The second kappa shape index (κ2) is 13.5. The van der Waals surface area contributed by atoms with Crippen LogP contribution in [0.5, 0.6) is 0 Å². The lowest BCUT2D eigenvalue weighted by Gasteiger charge is -2.25. The molecule has 4 aromatic carbocycles. The van der Waals surface area contributed by atoms with Gasteiger partial charge in [-0.05, 0) is 84.7 Å². The topological polar surface area (TPSA) is 10.4 Å². The van der Waals surface area contributed by atoms with Gasteiger partial charge in [0, 0.05) is 54.2 Å². The third kappa shape index (κ3) is 5.58. The van der Waals surface area contributed by atoms with Crippen LogP contribution in [0.15, 0.2) is 118 Å². The van der Waals surface area contributed by atoms with Crippen LogP contribution >= 0.6 is 23.1 Å². The molecule has 234 valence electrons. The molecule has 1 aromatic heterocycles. The molecule has 1 aliphatic carbocycles. The molecule has 46 heavy (non-hydrogen) atoms. The van der Waals surface area contributed by atoms with Crippen molar-refractivity contribution in [2.45, 2.75) is 64.8 Å². The highest BCUT2D eigenvalue weighted by Crippen LogP contribution is 2.49. The van der Waals surface area contributed by atoms with Crippen LogP contribution in [0.4, 0.5) is 5.69 Å². The van der Waals surface area contributed by atoms with Crippen LogP contribution in [0.3, 0.4) is 0 Å². The molecule has 3 nitrogen and oxygen atoms in total. The van der Waals surface area contributed by atoms with Gasteiger partial charge in [-0.2, -0.15) is 4.57 Å². The number of nitrogens with zero attached hydrogens (tertiary/aromatic N) is 3. The summed E-state index contributed by atoms with van der Waals surface area (Å²) in [5, 5.41) is 8.01. The average Bonchev–Trinajstić information content (AvgIpc) is 3.77. The first-order chi connectivity index (χ1) is 22.6. The summed E-state index contributed by atoms with van der Waals surface area (Å²) in [6.07, 6.45) is 14.0. The Bertz CT molecular complexity index is 2040. The van der Waals surface area contributed by atoms with Gasteiger partial charge in [-0.15, -0.1) is 0 Å². The number of fused-ring (bicyclic) bond motifs is 6. The standard InChI is InChI=1S/C41H44N3S2/c1-5-27-43-35-23-19-29-13-9-11-15-33(29)40(35)45-37(43)25-21-31-17-18-32(39(31)42(7-3)8-4)22-26-38-44(28-6-2)36-24-20-30-14-10-12-16-34(30)41(36)46-38/h9-16,19-26H,5-8,17-18,27-28H2,1-4H3/q+1. The van der Waals surface area contributed by atoms with Crippen molar-refractivity contribution in [3.63, 3.8) is 0 Å². The zero-order chi connectivity index (χ0) is 31.6. The highest BCUT2D eigenvalue weighted by molar-refractivity contribution is 8.04. The maximum atomic E-state index is 2.56. The van der Waals surface area contributed by atoms with Gasteiger partial charge in [0.05, 0.1) is 10.7 Å². The third-order valence-corrected chi connectivity index (χ3v) is 11.7. The summed E-state index contributed by atoms with van der Waals surface area (Å²) in [7, 11) is 0. The Kier molecular flexibility index (Phi) is 9.06. The fourth-order valence-corrected chi connectivity index (χ4v) is 9.59. The fourth-order valence-electron chi connectivity index (χ4n) is 7.14. The Morgan fingerprint density at radius 2 is 1.52 bits per heavy atom. The molecule has 0 saturated carbocycles. The van der Waals surface area contributed by atoms with Crippen LogP contribution in [-0.2, 0) is 6.54 Å². The molecule has 0 N–H and O–H groups in total. The summed E-state index contributed by atoms with van der Waals surface area (Å²) in [6.45, 7) is 13.2. The van der Waals surface area contributed by atoms with Crippen molar-refractivity contribution in [2.24, 2.45) is 0 Å². The number of likely N-dealkylation sites (N-methyl/N-ethyl adjacent to an activating group) is 1. The monoisotopic (exact) mass is 642 g/mol. The van der Waals surface area contributed by atoms with E-state index in [1.807, 2.05) is 23.1 Å². The third-order valence-electron chi connectivity index (χ3n) is 9.34. The molecule has 0 atom stereocenters. The van der Waals surface area contributed by atoms with Crippen LogP contribution in [0.25, 0.3) is 37.8 Å². The molecule has 0 saturated heterocycles. The lowest BCUT2D eigenvalue weighted by atomic mass is 10.1. The fraction of sp³-hybridized carbons (Fsp3) is 0.293. The van der Waals surface area contributed by atoms with Crippen molar-refractivity contribution in [2.75, 3.05) is 24.5 Å². The Labute approximate surface area is 282 Å². The minimum Gasteiger partial charge on any atom is -0.372 e. The largest absolute Gasteiger partial charge is 0.372 e. The summed E-state index contributed by atoms with van der Waals surface area (Å²) < 4.78 is 3.92. The number of aromatic nitrogens is 1. The number of benzene rings is 4. The van der Waals surface area contributed by atoms with Gasteiger partial charge >= 0.3 is 0 Å². The minimum absolute atomic E-state index is 1.01. The zero-order valence-corrected chi connectivity index (χ0v) is 29.2. The van der Waals surface area contributed by atoms with Crippen LogP contribution in [0.1, 0.15) is 58.4 Å². The normalized spacial score (nSPS) is 16.8. The van der Waals surface area contributed by atoms with Crippen molar-refractivity contribution < 1.29 is 4.57 Å². The van der Waals surface area contributed by atoms with Crippen molar-refractivity contribution >= 4 is 66.6 Å². The molecule has 7 rings (SSSR count). The Morgan fingerprint density at radius 1 is 0.783 bits per heavy atom. The molecular weight excluding hydrogens is 599 g/mol. The predicted molar refractivity (Wildman–Crippen MR) is 202 cm³/mol. The highest BCUT2D eigenvalue weighted by Gasteiger charge is 2.27. The van der Waals surface area contributed by atoms with Crippen molar-refractivity contribution in [1.29, 1.82) is 0 Å². The van der Waals surface area contributed by atoms with Crippen LogP contribution < -0.4 is 9.47 Å². The second-order valence-corrected chi connectivity index (χ2v) is 14.3. The average molecular weight is 643 g/mol. The predicted octanol–water partition coefficient (Wildman–Crippen LogP) is 11.1. The van der Waals surface area contributed by atoms with Gasteiger partial charge in [0.1, 0.15) is 11.2 Å². The summed E-state index contributed by atoms with van der Waals surface area (Å²) in [5.74, 6) is 0. The highest BCUT2D eigenvalue weighted by atomic mass is 32.2. The lowest BCUT2D eigenvalue weighted by molar-refractivity contribution is -0.668. The number of thiazole rings is 1. The molecule has 5 aromatic rings. The smallest absolute Gasteiger partial charge is 0.262 e. The Hall–Kier alpha value is -3.80. The molecule has 0 amide bonds. The number of thioether (sulfide) groups is 1. The van der Waals surface area contributed by atoms with Gasteiger partial charge in [-0.25, -0.2) is 0 Å². The summed E-state index contributed by atoms with van der Waals surface area (Å²) in [5.41, 5.74) is 7.04. The van der Waals surface area contributed by atoms with E-state index in [4.69, 9.17) is 0 Å². The molecule has 0 unspecified atom stereocenters. The molecule has 0 radical (unpaired) electrons. The lowest BCUT2D eigenvalue weighted by Crippen LogP contribution is -2.34. The molecule has 0 bridgehead atoms.